The Bertz CT molecular complexity index is 453. The number of hydrogen-bond donors (Lipinski definition) is 1. The fraction of sp³-hybridized carbons (Fsp3) is 0.429. The molecule has 1 saturated heterocycles. The lowest BCUT2D eigenvalue weighted by atomic mass is 9.90. The van der Waals surface area contributed by atoms with Crippen molar-refractivity contribution in [2.45, 2.75) is 25.7 Å². The van der Waals surface area contributed by atoms with Gasteiger partial charge in [0.15, 0.2) is 0 Å². The number of carbonyl (C=O) groups is 2. The van der Waals surface area contributed by atoms with Crippen molar-refractivity contribution in [3.05, 3.63) is 35.4 Å². The third kappa shape index (κ3) is 2.70. The van der Waals surface area contributed by atoms with E-state index in [1.165, 1.54) is 0 Å². The molecular weight excluding hydrogens is 230 g/mol. The third-order valence-corrected chi connectivity index (χ3v) is 3.50. The van der Waals surface area contributed by atoms with Crippen LogP contribution in [0.1, 0.15) is 41.6 Å². The Labute approximate surface area is 106 Å². The van der Waals surface area contributed by atoms with Crippen molar-refractivity contribution in [1.82, 2.24) is 4.90 Å². The predicted octanol–water partition coefficient (Wildman–Crippen LogP) is 2.11. The molecule has 4 heteroatoms. The minimum Gasteiger partial charge on any atom is -0.478 e. The molecule has 0 radical (unpaired) electrons. The monoisotopic (exact) mass is 247 g/mol. The maximum atomic E-state index is 11.4. The van der Waals surface area contributed by atoms with Gasteiger partial charge in [0.25, 0.3) is 0 Å². The number of hydrogen-bond acceptors (Lipinski definition) is 2. The zero-order valence-electron chi connectivity index (χ0n) is 10.4. The van der Waals surface area contributed by atoms with Crippen molar-refractivity contribution in [1.29, 1.82) is 0 Å². The Morgan fingerprint density at radius 1 is 1.28 bits per heavy atom. The van der Waals surface area contributed by atoms with E-state index in [4.69, 9.17) is 5.11 Å². The molecule has 1 aromatic carbocycles. The molecule has 0 aliphatic carbocycles. The smallest absolute Gasteiger partial charge is 0.335 e. The van der Waals surface area contributed by atoms with E-state index in [0.717, 1.165) is 31.5 Å². The molecule has 1 fully saturated rings. The van der Waals surface area contributed by atoms with E-state index < -0.39 is 5.97 Å². The van der Waals surface area contributed by atoms with Crippen LogP contribution in [0.5, 0.6) is 0 Å². The quantitative estimate of drug-likeness (QED) is 0.870. The summed E-state index contributed by atoms with van der Waals surface area (Å²) < 4.78 is 0. The molecule has 1 unspecified atom stereocenters. The highest BCUT2D eigenvalue weighted by Crippen LogP contribution is 2.27. The molecule has 0 bridgehead atoms. The molecule has 4 nitrogen and oxygen atoms in total. The first kappa shape index (κ1) is 12.6. The van der Waals surface area contributed by atoms with Crippen molar-refractivity contribution in [2.75, 3.05) is 13.1 Å². The van der Waals surface area contributed by atoms with E-state index >= 15 is 0 Å². The van der Waals surface area contributed by atoms with E-state index in [0.29, 0.717) is 11.5 Å². The van der Waals surface area contributed by atoms with Crippen LogP contribution in [-0.4, -0.2) is 35.0 Å². The fourth-order valence-electron chi connectivity index (χ4n) is 2.43. The number of nitrogens with zero attached hydrogens (tertiary/aromatic N) is 1. The highest BCUT2D eigenvalue weighted by Gasteiger charge is 2.22. The first-order chi connectivity index (χ1) is 8.58. The molecule has 1 aliphatic rings. The number of likely N-dealkylation sites (tertiary alicyclic amines) is 1. The van der Waals surface area contributed by atoms with Gasteiger partial charge in [-0.2, -0.15) is 0 Å². The number of amides is 1. The second-order valence-electron chi connectivity index (χ2n) is 4.73. The first-order valence-electron chi connectivity index (χ1n) is 6.16. The zero-order chi connectivity index (χ0) is 13.1. The number of rotatable bonds is 2. The Balaban J connectivity index is 2.11. The van der Waals surface area contributed by atoms with Gasteiger partial charge in [0.05, 0.1) is 5.56 Å². The largest absolute Gasteiger partial charge is 0.478 e. The van der Waals surface area contributed by atoms with Crippen LogP contribution in [0.3, 0.4) is 0 Å². The molecule has 18 heavy (non-hydrogen) atoms. The van der Waals surface area contributed by atoms with Crippen LogP contribution < -0.4 is 0 Å². The summed E-state index contributed by atoms with van der Waals surface area (Å²) in [7, 11) is 0. The van der Waals surface area contributed by atoms with Gasteiger partial charge >= 0.3 is 5.97 Å². The lowest BCUT2D eigenvalue weighted by Gasteiger charge is -2.32. The van der Waals surface area contributed by atoms with Gasteiger partial charge in [-0.25, -0.2) is 4.79 Å². The third-order valence-electron chi connectivity index (χ3n) is 3.50. The summed E-state index contributed by atoms with van der Waals surface area (Å²) in [5.74, 6) is -0.470. The van der Waals surface area contributed by atoms with E-state index in [9.17, 15) is 9.59 Å². The number of carboxylic acids is 1. The Hall–Kier alpha value is -1.84. The Morgan fingerprint density at radius 2 is 1.94 bits per heavy atom. The summed E-state index contributed by atoms with van der Waals surface area (Å²) in [6.07, 6.45) is 2.06. The van der Waals surface area contributed by atoms with Gasteiger partial charge in [0.1, 0.15) is 0 Å². The molecule has 1 amide bonds. The molecule has 1 atom stereocenters. The average Bonchev–Trinajstić information content (AvgIpc) is 2.39. The highest BCUT2D eigenvalue weighted by atomic mass is 16.4. The number of aromatic carboxylic acids is 1. The second-order valence-corrected chi connectivity index (χ2v) is 4.73. The summed E-state index contributed by atoms with van der Waals surface area (Å²) in [6, 6.07) is 6.98. The molecule has 2 rings (SSSR count). The van der Waals surface area contributed by atoms with E-state index in [2.05, 4.69) is 0 Å². The van der Waals surface area contributed by atoms with Crippen LogP contribution in [0.2, 0.25) is 0 Å². The van der Waals surface area contributed by atoms with E-state index in [1.54, 1.807) is 19.1 Å². The molecule has 1 heterocycles. The van der Waals surface area contributed by atoms with Gasteiger partial charge in [0.2, 0.25) is 5.91 Å². The van der Waals surface area contributed by atoms with Crippen molar-refractivity contribution in [3.8, 4) is 0 Å². The standard InChI is InChI=1S/C14H17NO3/c1-10(16)15-8-2-3-13(9-15)11-4-6-12(7-5-11)14(17)18/h4-7,13H,2-3,8-9H2,1H3,(H,17,18). The lowest BCUT2D eigenvalue weighted by Crippen LogP contribution is -2.37. The maximum Gasteiger partial charge on any atom is 0.335 e. The van der Waals surface area contributed by atoms with Crippen molar-refractivity contribution in [3.63, 3.8) is 0 Å². The SMILES string of the molecule is CC(=O)N1CCCC(c2ccc(C(=O)O)cc2)C1. The normalized spacial score (nSPS) is 19.6. The van der Waals surface area contributed by atoms with Crippen molar-refractivity contribution < 1.29 is 14.7 Å². The molecule has 0 aromatic heterocycles. The van der Waals surface area contributed by atoms with Gasteiger partial charge in [-0.15, -0.1) is 0 Å². The average molecular weight is 247 g/mol. The Kier molecular flexibility index (Phi) is 3.65. The van der Waals surface area contributed by atoms with Crippen LogP contribution >= 0.6 is 0 Å². The molecule has 0 saturated carbocycles. The van der Waals surface area contributed by atoms with Gasteiger partial charge in [0, 0.05) is 25.9 Å². The number of carbonyl (C=O) groups excluding carboxylic acids is 1. The Morgan fingerprint density at radius 3 is 2.50 bits per heavy atom. The van der Waals surface area contributed by atoms with Gasteiger partial charge in [-0.05, 0) is 30.5 Å². The maximum absolute atomic E-state index is 11.4. The fourth-order valence-corrected chi connectivity index (χ4v) is 2.43. The van der Waals surface area contributed by atoms with Crippen LogP contribution in [0.15, 0.2) is 24.3 Å². The van der Waals surface area contributed by atoms with E-state index in [1.807, 2.05) is 17.0 Å². The van der Waals surface area contributed by atoms with Crippen LogP contribution in [0.25, 0.3) is 0 Å². The second kappa shape index (κ2) is 5.21. The molecular formula is C14H17NO3. The molecule has 0 spiro atoms. The molecule has 96 valence electrons. The van der Waals surface area contributed by atoms with Crippen LogP contribution in [0.4, 0.5) is 0 Å². The number of carboxylic acid groups (broad SMARTS) is 1. The highest BCUT2D eigenvalue weighted by molar-refractivity contribution is 5.87. The van der Waals surface area contributed by atoms with Crippen LogP contribution in [0, 0.1) is 0 Å². The predicted molar refractivity (Wildman–Crippen MR) is 67.6 cm³/mol. The summed E-state index contributed by atoms with van der Waals surface area (Å²) in [4.78, 5) is 24.0. The van der Waals surface area contributed by atoms with Crippen LogP contribution in [-0.2, 0) is 4.79 Å². The number of piperidine rings is 1. The summed E-state index contributed by atoms with van der Waals surface area (Å²) in [6.45, 7) is 3.16. The van der Waals surface area contributed by atoms with Crippen molar-refractivity contribution >= 4 is 11.9 Å². The minimum atomic E-state index is -0.907. The molecule has 1 aromatic rings. The van der Waals surface area contributed by atoms with Crippen molar-refractivity contribution in [2.24, 2.45) is 0 Å². The number of benzene rings is 1. The van der Waals surface area contributed by atoms with Gasteiger partial charge in [-0.3, -0.25) is 4.79 Å². The molecule has 1 aliphatic heterocycles. The summed E-state index contributed by atoms with van der Waals surface area (Å²) >= 11 is 0. The van der Waals surface area contributed by atoms with Gasteiger partial charge < -0.3 is 10.0 Å². The topological polar surface area (TPSA) is 57.6 Å². The zero-order valence-corrected chi connectivity index (χ0v) is 10.4. The minimum absolute atomic E-state index is 0.113. The summed E-state index contributed by atoms with van der Waals surface area (Å²) in [5.41, 5.74) is 1.42. The first-order valence-corrected chi connectivity index (χ1v) is 6.16. The summed E-state index contributed by atoms with van der Waals surface area (Å²) in [5, 5.41) is 8.85. The van der Waals surface area contributed by atoms with E-state index in [-0.39, 0.29) is 5.91 Å². The molecule has 1 N–H and O–H groups in total. The van der Waals surface area contributed by atoms with Gasteiger partial charge in [-0.1, -0.05) is 12.1 Å². The lowest BCUT2D eigenvalue weighted by molar-refractivity contribution is -0.130.